The number of nitrogens with two attached hydrogens (primary N) is 1. The van der Waals surface area contributed by atoms with Gasteiger partial charge >= 0.3 is 0 Å². The molecule has 2 nitrogen and oxygen atoms in total. The Hall–Kier alpha value is -0.370. The minimum Gasteiger partial charge on any atom is -0.328 e. The molecule has 0 aromatic heterocycles. The zero-order chi connectivity index (χ0) is 6.69. The van der Waals surface area contributed by atoms with Crippen LogP contribution in [0.5, 0.6) is 0 Å². The van der Waals surface area contributed by atoms with Crippen molar-refractivity contribution in [2.45, 2.75) is 31.7 Å². The van der Waals surface area contributed by atoms with E-state index in [1.54, 1.807) is 0 Å². The molecule has 52 valence electrons. The minimum atomic E-state index is 0.370. The zero-order valence-corrected chi connectivity index (χ0v) is 5.55. The molecule has 9 heavy (non-hydrogen) atoms. The number of rotatable bonds is 2. The van der Waals surface area contributed by atoms with Gasteiger partial charge < -0.3 is 10.5 Å². The summed E-state index contributed by atoms with van der Waals surface area (Å²) in [4.78, 5) is 10.0. The lowest BCUT2D eigenvalue weighted by molar-refractivity contribution is -0.108. The number of carbonyl (C=O) groups excluding carboxylic acids is 1. The third kappa shape index (κ3) is 1.79. The normalized spacial score (nSPS) is 34.8. The van der Waals surface area contributed by atoms with Gasteiger partial charge in [-0.15, -0.1) is 0 Å². The molecule has 0 amide bonds. The van der Waals surface area contributed by atoms with Crippen molar-refractivity contribution in [2.75, 3.05) is 0 Å². The van der Waals surface area contributed by atoms with Crippen LogP contribution in [0.4, 0.5) is 0 Å². The van der Waals surface area contributed by atoms with Crippen LogP contribution in [0.2, 0.25) is 0 Å². The summed E-state index contributed by atoms with van der Waals surface area (Å²) in [5, 5.41) is 0. The zero-order valence-electron chi connectivity index (χ0n) is 5.55. The molecule has 2 atom stereocenters. The first-order chi connectivity index (χ1) is 4.33. The summed E-state index contributed by atoms with van der Waals surface area (Å²) in [5.74, 6) is 0.595. The van der Waals surface area contributed by atoms with Gasteiger partial charge in [-0.05, 0) is 25.2 Å². The lowest BCUT2D eigenvalue weighted by Crippen LogP contribution is -2.14. The molecule has 2 N–H and O–H groups in total. The average molecular weight is 127 g/mol. The van der Waals surface area contributed by atoms with Crippen molar-refractivity contribution in [2.24, 2.45) is 11.7 Å². The number of hydrogen-bond donors (Lipinski definition) is 1. The van der Waals surface area contributed by atoms with Crippen molar-refractivity contribution < 1.29 is 4.79 Å². The molecule has 0 bridgehead atoms. The van der Waals surface area contributed by atoms with Gasteiger partial charge in [-0.2, -0.15) is 0 Å². The maximum Gasteiger partial charge on any atom is 0.120 e. The molecule has 0 saturated heterocycles. The van der Waals surface area contributed by atoms with Crippen molar-refractivity contribution in [1.29, 1.82) is 0 Å². The Morgan fingerprint density at radius 3 is 2.78 bits per heavy atom. The van der Waals surface area contributed by atoms with E-state index in [9.17, 15) is 4.79 Å². The Balaban J connectivity index is 2.21. The van der Waals surface area contributed by atoms with Crippen LogP contribution in [-0.2, 0) is 4.79 Å². The van der Waals surface area contributed by atoms with Gasteiger partial charge in [0.2, 0.25) is 0 Å². The largest absolute Gasteiger partial charge is 0.328 e. The quantitative estimate of drug-likeness (QED) is 0.555. The van der Waals surface area contributed by atoms with Gasteiger partial charge in [0, 0.05) is 12.5 Å². The SMILES string of the molecule is NC1CCC(CC=O)C1. The molecule has 0 aromatic carbocycles. The lowest BCUT2D eigenvalue weighted by Gasteiger charge is -2.01. The monoisotopic (exact) mass is 127 g/mol. The second-order valence-corrected chi connectivity index (χ2v) is 2.84. The van der Waals surface area contributed by atoms with E-state index in [1.807, 2.05) is 0 Å². The van der Waals surface area contributed by atoms with Gasteiger partial charge in [0.25, 0.3) is 0 Å². The smallest absolute Gasteiger partial charge is 0.120 e. The topological polar surface area (TPSA) is 43.1 Å². The molecule has 2 heteroatoms. The summed E-state index contributed by atoms with van der Waals surface area (Å²) < 4.78 is 0. The maximum absolute atomic E-state index is 10.0. The molecule has 0 aliphatic heterocycles. The van der Waals surface area contributed by atoms with E-state index in [0.29, 0.717) is 18.4 Å². The predicted octanol–water partition coefficient (Wildman–Crippen LogP) is 0.703. The second kappa shape index (κ2) is 2.97. The Morgan fingerprint density at radius 1 is 1.56 bits per heavy atom. The second-order valence-electron chi connectivity index (χ2n) is 2.84. The van der Waals surface area contributed by atoms with Crippen LogP contribution in [0, 0.1) is 5.92 Å². The fraction of sp³-hybridized carbons (Fsp3) is 0.857. The molecule has 1 aliphatic rings. The fourth-order valence-electron chi connectivity index (χ4n) is 1.46. The maximum atomic E-state index is 10.0. The number of aldehydes is 1. The first-order valence-electron chi connectivity index (χ1n) is 3.52. The van der Waals surface area contributed by atoms with E-state index in [1.165, 1.54) is 0 Å². The third-order valence-electron chi connectivity index (χ3n) is 2.01. The van der Waals surface area contributed by atoms with Gasteiger partial charge in [-0.1, -0.05) is 0 Å². The van der Waals surface area contributed by atoms with Gasteiger partial charge in [0.05, 0.1) is 0 Å². The molecule has 0 aromatic rings. The summed E-state index contributed by atoms with van der Waals surface area (Å²) in [7, 11) is 0. The molecule has 1 rings (SSSR count). The highest BCUT2D eigenvalue weighted by Gasteiger charge is 2.20. The van der Waals surface area contributed by atoms with Crippen LogP contribution in [0.3, 0.4) is 0 Å². The van der Waals surface area contributed by atoms with Crippen LogP contribution in [0.1, 0.15) is 25.7 Å². The van der Waals surface area contributed by atoms with Crippen LogP contribution >= 0.6 is 0 Å². The van der Waals surface area contributed by atoms with Crippen LogP contribution < -0.4 is 5.73 Å². The molecule has 2 unspecified atom stereocenters. The molecular weight excluding hydrogens is 114 g/mol. The molecule has 1 aliphatic carbocycles. The Kier molecular flexibility index (Phi) is 2.22. The first kappa shape index (κ1) is 6.75. The average Bonchev–Trinajstić information content (AvgIpc) is 2.17. The molecule has 0 heterocycles. The minimum absolute atomic E-state index is 0.370. The molecule has 1 saturated carbocycles. The van der Waals surface area contributed by atoms with Crippen LogP contribution in [0.15, 0.2) is 0 Å². The Labute approximate surface area is 55.4 Å². The third-order valence-corrected chi connectivity index (χ3v) is 2.01. The van der Waals surface area contributed by atoms with Crippen LogP contribution in [-0.4, -0.2) is 12.3 Å². The summed E-state index contributed by atoms with van der Waals surface area (Å²) in [6.45, 7) is 0. The highest BCUT2D eigenvalue weighted by atomic mass is 16.1. The van der Waals surface area contributed by atoms with E-state index in [-0.39, 0.29) is 0 Å². The van der Waals surface area contributed by atoms with E-state index in [2.05, 4.69) is 0 Å². The van der Waals surface area contributed by atoms with Gasteiger partial charge in [0.15, 0.2) is 0 Å². The van der Waals surface area contributed by atoms with E-state index in [0.717, 1.165) is 25.5 Å². The highest BCUT2D eigenvalue weighted by molar-refractivity contribution is 5.49. The highest BCUT2D eigenvalue weighted by Crippen LogP contribution is 2.25. The lowest BCUT2D eigenvalue weighted by atomic mass is 10.1. The summed E-state index contributed by atoms with van der Waals surface area (Å²) in [5.41, 5.74) is 5.64. The summed E-state index contributed by atoms with van der Waals surface area (Å²) in [6, 6.07) is 0.370. The van der Waals surface area contributed by atoms with Crippen molar-refractivity contribution in [3.05, 3.63) is 0 Å². The van der Waals surface area contributed by atoms with Crippen molar-refractivity contribution in [3.63, 3.8) is 0 Å². The first-order valence-corrected chi connectivity index (χ1v) is 3.52. The van der Waals surface area contributed by atoms with Crippen molar-refractivity contribution >= 4 is 6.29 Å². The van der Waals surface area contributed by atoms with Gasteiger partial charge in [-0.3, -0.25) is 0 Å². The van der Waals surface area contributed by atoms with Gasteiger partial charge in [0.1, 0.15) is 6.29 Å². The van der Waals surface area contributed by atoms with E-state index >= 15 is 0 Å². The van der Waals surface area contributed by atoms with Crippen molar-refractivity contribution in [3.8, 4) is 0 Å². The summed E-state index contributed by atoms with van der Waals surface area (Å²) in [6.07, 6.45) is 5.04. The molecule has 1 fully saturated rings. The Morgan fingerprint density at radius 2 is 2.33 bits per heavy atom. The number of hydrogen-bond acceptors (Lipinski definition) is 2. The van der Waals surface area contributed by atoms with E-state index in [4.69, 9.17) is 5.73 Å². The standard InChI is InChI=1S/C7H13NO/c8-7-2-1-6(5-7)3-4-9/h4,6-7H,1-3,5,8H2. The van der Waals surface area contributed by atoms with Crippen LogP contribution in [0.25, 0.3) is 0 Å². The fourth-order valence-corrected chi connectivity index (χ4v) is 1.46. The predicted molar refractivity (Wildman–Crippen MR) is 36.0 cm³/mol. The summed E-state index contributed by atoms with van der Waals surface area (Å²) >= 11 is 0. The Bertz CT molecular complexity index is 103. The number of carbonyl (C=O) groups is 1. The van der Waals surface area contributed by atoms with Crippen molar-refractivity contribution in [1.82, 2.24) is 0 Å². The molecule has 0 radical (unpaired) electrons. The van der Waals surface area contributed by atoms with E-state index < -0.39 is 0 Å². The molecule has 0 spiro atoms. The molecular formula is C7H13NO. The van der Waals surface area contributed by atoms with Gasteiger partial charge in [-0.25, -0.2) is 0 Å².